The molecule has 0 amide bonds. The number of esters is 4. The molecule has 16 rings (SSSR count). The van der Waals surface area contributed by atoms with Crippen LogP contribution in [0.1, 0.15) is 116 Å². The summed E-state index contributed by atoms with van der Waals surface area (Å²) in [5, 5.41) is 0. The van der Waals surface area contributed by atoms with Crippen molar-refractivity contribution in [1.29, 1.82) is 0 Å². The maximum Gasteiger partial charge on any atom is 0.453 e. The van der Waals surface area contributed by atoms with Gasteiger partial charge in [0.25, 0.3) is 5.92 Å². The summed E-state index contributed by atoms with van der Waals surface area (Å²) in [6.07, 6.45) is -3.11. The summed E-state index contributed by atoms with van der Waals surface area (Å²) in [6, 6.07) is 100. The van der Waals surface area contributed by atoms with Gasteiger partial charge in [-0.25, -0.2) is 23.2 Å². The van der Waals surface area contributed by atoms with Gasteiger partial charge in [0, 0.05) is 68.4 Å². The average Bonchev–Trinajstić information content (AvgIpc) is 0.730. The van der Waals surface area contributed by atoms with E-state index in [1.54, 1.807) is 0 Å². The molecule has 12 nitrogen and oxygen atoms in total. The Labute approximate surface area is 795 Å². The second-order valence-electron chi connectivity index (χ2n) is 34.6. The van der Waals surface area contributed by atoms with Crippen molar-refractivity contribution in [1.82, 2.24) is 4.90 Å². The van der Waals surface area contributed by atoms with Gasteiger partial charge in [-0.3, -0.25) is 4.79 Å². The largest absolute Gasteiger partial charge is 0.493 e. The van der Waals surface area contributed by atoms with Crippen molar-refractivity contribution >= 4 is 67.5 Å². The highest BCUT2D eigenvalue weighted by Gasteiger charge is 2.62. The molecule has 0 aromatic heterocycles. The first-order valence-corrected chi connectivity index (χ1v) is 49.9. The van der Waals surface area contributed by atoms with E-state index in [0.29, 0.717) is 29.1 Å². The number of hydrogen-bond donors (Lipinski definition) is 0. The van der Waals surface area contributed by atoms with Crippen molar-refractivity contribution in [2.24, 2.45) is 23.7 Å². The lowest BCUT2D eigenvalue weighted by Gasteiger charge is -2.59. The third kappa shape index (κ3) is 27.6. The van der Waals surface area contributed by atoms with Crippen molar-refractivity contribution in [2.75, 3.05) is 53.7 Å². The highest BCUT2D eigenvalue weighted by atomic mass is 32.2. The van der Waals surface area contributed by atoms with Crippen LogP contribution in [0.4, 0.5) is 30.7 Å². The number of rotatable bonds is 33. The molecule has 4 bridgehead atoms. The average molecular weight is 1900 g/mol. The van der Waals surface area contributed by atoms with E-state index < -0.39 is 77.8 Å². The molecule has 12 aromatic carbocycles. The van der Waals surface area contributed by atoms with E-state index in [0.717, 1.165) is 116 Å². The Kier molecular flexibility index (Phi) is 35.9. The molecular formula is C111H118F7NO11S4+4. The molecule has 0 unspecified atom stereocenters. The van der Waals surface area contributed by atoms with Crippen LogP contribution in [-0.2, 0) is 77.0 Å². The van der Waals surface area contributed by atoms with Gasteiger partial charge in [-0.15, -0.1) is 0 Å². The quantitative estimate of drug-likeness (QED) is 0.00967. The summed E-state index contributed by atoms with van der Waals surface area (Å²) in [4.78, 5) is 64.9. The number of halogens is 7. The Morgan fingerprint density at radius 2 is 0.627 bits per heavy atom. The number of nitrogens with zero attached hydrogens (tertiary/aromatic N) is 1. The Bertz CT molecular complexity index is 5580. The van der Waals surface area contributed by atoms with Crippen molar-refractivity contribution in [3.63, 3.8) is 0 Å². The molecule has 0 aliphatic heterocycles. The number of alkyl halides is 7. The highest BCUT2D eigenvalue weighted by molar-refractivity contribution is 7.98. The lowest BCUT2D eigenvalue weighted by molar-refractivity contribution is -0.301. The second kappa shape index (κ2) is 47.3. The van der Waals surface area contributed by atoms with Crippen LogP contribution in [0.25, 0.3) is 0 Å². The molecule has 4 aliphatic carbocycles. The maximum absolute atomic E-state index is 13.8. The molecule has 0 spiro atoms. The van der Waals surface area contributed by atoms with Crippen LogP contribution in [-0.4, -0.2) is 106 Å². The molecule has 0 radical (unpaired) electrons. The second-order valence-corrected chi connectivity index (χ2v) is 42.7. The van der Waals surface area contributed by atoms with Crippen molar-refractivity contribution < 1.29 is 83.1 Å². The molecule has 0 saturated heterocycles. The number of carbonyl (C=O) groups excluding carboxylic acids is 4. The van der Waals surface area contributed by atoms with E-state index in [2.05, 4.69) is 210 Å². The summed E-state index contributed by atoms with van der Waals surface area (Å²) in [7, 11) is 3.13. The van der Waals surface area contributed by atoms with Gasteiger partial charge < -0.3 is 38.1 Å². The van der Waals surface area contributed by atoms with Crippen molar-refractivity contribution in [2.45, 2.75) is 209 Å². The van der Waals surface area contributed by atoms with Gasteiger partial charge in [0.05, 0.1) is 63.2 Å². The van der Waals surface area contributed by atoms with E-state index >= 15 is 0 Å². The van der Waals surface area contributed by atoms with E-state index in [4.69, 9.17) is 33.2 Å². The van der Waals surface area contributed by atoms with Crippen LogP contribution in [0, 0.1) is 79.1 Å². The topological polar surface area (TPSA) is 136 Å². The molecule has 702 valence electrons. The molecule has 12 aromatic rings. The zero-order valence-corrected chi connectivity index (χ0v) is 81.1. The van der Waals surface area contributed by atoms with Crippen molar-refractivity contribution in [3.8, 4) is 23.0 Å². The van der Waals surface area contributed by atoms with Gasteiger partial charge in [0.15, 0.2) is 78.6 Å². The summed E-state index contributed by atoms with van der Waals surface area (Å²) in [5.41, 5.74) is 7.16. The molecule has 0 atom stereocenters. The number of aryl methyl sites for hydroxylation is 8. The van der Waals surface area contributed by atoms with Gasteiger partial charge in [0.2, 0.25) is 0 Å². The molecule has 0 N–H and O–H groups in total. The molecule has 4 fully saturated rings. The third-order valence-corrected chi connectivity index (χ3v) is 32.5. The number of carbonyl (C=O) groups is 4. The fraction of sp³-hybridized carbons (Fsp3) is 0.315. The fourth-order valence-electron chi connectivity index (χ4n) is 17.8. The van der Waals surface area contributed by atoms with Crippen LogP contribution in [0.3, 0.4) is 0 Å². The standard InChI is InChI=1S/C35H39O5S.C27H26F7OS.C25H30NOS.C24H23O4S/c1-23-14-31(41(29-10-6-4-7-11-29)30-12-8-5-9-13-30)15-24(2)34(23)39-21-32(36)38-22-33(37)40-35(3)27-17-25-16-26(19-27)20-28(35)18-25;1-19-16-23(36(21-10-5-3-6-11-21)22-12-7-4-8-13-22)17-20(2)24(19)35-15-9-14-25(28,29)18-26(30,31)27(32,33)34;1-20-18-24(19-21(2)25(20)27-17-11-16-26(3)4)28(22-12-7-5-8-13-22)23-14-9-6-10-15-23;1-17-14-22(15-18(2)24(17)28-23(26)16-27-19(3)25)29(20-10-6-4-7-11-20)21-12-8-5-9-13-21/h4-15,25-28H,16-22H2,1-3H3;3-8,10-13,16-17H,9,14-15,18H2,1-2H3;5-10,12-15,18-19H,11,16-17H2,1-4H3;4-15H,16H2,1-3H3/q4*+1. The minimum atomic E-state index is -6.01. The lowest BCUT2D eigenvalue weighted by atomic mass is 9.50. The van der Waals surface area contributed by atoms with Gasteiger partial charge in [0.1, 0.15) is 28.6 Å². The van der Waals surface area contributed by atoms with Gasteiger partial charge in [-0.2, -0.15) is 22.0 Å². The minimum Gasteiger partial charge on any atom is -0.493 e. The smallest absolute Gasteiger partial charge is 0.453 e. The molecular weight excluding hydrogens is 1780 g/mol. The molecule has 4 aliphatic rings. The predicted octanol–water partition coefficient (Wildman–Crippen LogP) is 26.5. The minimum absolute atomic E-state index is 0.119. The highest BCUT2D eigenvalue weighted by Crippen LogP contribution is 2.60. The van der Waals surface area contributed by atoms with E-state index in [9.17, 15) is 49.9 Å². The predicted molar refractivity (Wildman–Crippen MR) is 518 cm³/mol. The summed E-state index contributed by atoms with van der Waals surface area (Å²) < 4.78 is 130. The molecule has 0 heterocycles. The van der Waals surface area contributed by atoms with E-state index in [1.165, 1.54) is 63.6 Å². The first-order valence-electron chi connectivity index (χ1n) is 45.0. The van der Waals surface area contributed by atoms with Gasteiger partial charge >= 0.3 is 36.0 Å². The van der Waals surface area contributed by atoms with Crippen molar-refractivity contribution in [3.05, 3.63) is 336 Å². The normalized spacial score (nSPS) is 16.1. The van der Waals surface area contributed by atoms with Crippen LogP contribution < -0.4 is 18.9 Å². The van der Waals surface area contributed by atoms with Gasteiger partial charge in [-0.1, -0.05) is 146 Å². The zero-order chi connectivity index (χ0) is 95.9. The Morgan fingerprint density at radius 3 is 0.910 bits per heavy atom. The molecule has 4 saturated carbocycles. The van der Waals surface area contributed by atoms with Crippen LogP contribution >= 0.6 is 0 Å². The summed E-state index contributed by atoms with van der Waals surface area (Å²) in [5.74, 6) is -6.62. The lowest BCUT2D eigenvalue weighted by Crippen LogP contribution is -2.58. The van der Waals surface area contributed by atoms with Crippen LogP contribution in [0.15, 0.2) is 350 Å². The maximum atomic E-state index is 13.8. The van der Waals surface area contributed by atoms with E-state index in [1.807, 2.05) is 163 Å². The third-order valence-electron chi connectivity index (χ3n) is 23.7. The zero-order valence-electron chi connectivity index (χ0n) is 77.8. The summed E-state index contributed by atoms with van der Waals surface area (Å²) in [6.45, 7) is 19.7. The fourth-order valence-corrected chi connectivity index (χ4v) is 26.9. The molecule has 23 heteroatoms. The number of benzene rings is 12. The van der Waals surface area contributed by atoms with Crippen LogP contribution in [0.2, 0.25) is 0 Å². The van der Waals surface area contributed by atoms with Gasteiger partial charge in [-0.05, 0) is 287 Å². The number of hydrogen-bond acceptors (Lipinski definition) is 12. The summed E-state index contributed by atoms with van der Waals surface area (Å²) >= 11 is 0. The monoisotopic (exact) mass is 1900 g/mol. The van der Waals surface area contributed by atoms with E-state index in [-0.39, 0.29) is 58.9 Å². The Morgan fingerprint density at radius 1 is 0.351 bits per heavy atom. The number of ether oxygens (including phenoxy) is 7. The first-order chi connectivity index (χ1) is 64.1. The van der Waals surface area contributed by atoms with Crippen LogP contribution in [0.5, 0.6) is 23.0 Å². The Balaban J connectivity index is 0.000000163. The molecule has 134 heavy (non-hydrogen) atoms. The Hall–Kier alpha value is -11.2. The SMILES string of the molecule is CC(=O)OCC(=O)Oc1c(C)cc([S+](c2ccccc2)c2ccccc2)cc1C.Cc1cc([S+](c2ccccc2)c2ccccc2)cc(C)c1OCC(=O)OCC(=O)OC1(C)C2CC3CC(C2)CC1C3.Cc1cc([S+](c2ccccc2)c2ccccc2)cc(C)c1OCCCC(F)(F)CC(F)(F)C(F)(F)F.Cc1cc([S+](c2ccccc2)c2ccccc2)cc(C)c1OCCCN(C)C. The first kappa shape index (κ1) is 102.